The molecule has 0 bridgehead atoms. The van der Waals surface area contributed by atoms with Crippen molar-refractivity contribution in [1.29, 1.82) is 0 Å². The van der Waals surface area contributed by atoms with Crippen LogP contribution in [0.2, 0.25) is 26.2 Å². The molecule has 0 radical (unpaired) electrons. The molecule has 0 amide bonds. The van der Waals surface area contributed by atoms with Gasteiger partial charge in [0.2, 0.25) is 0 Å². The average molecular weight is 338 g/mol. The number of nitrogens with one attached hydrogen (secondary N) is 1. The summed E-state index contributed by atoms with van der Waals surface area (Å²) in [6.07, 6.45) is 0. The van der Waals surface area contributed by atoms with Crippen molar-refractivity contribution in [3.8, 4) is 0 Å². The summed E-state index contributed by atoms with van der Waals surface area (Å²) in [5, 5.41) is 0. The summed E-state index contributed by atoms with van der Waals surface area (Å²) >= 11 is 0. The molecule has 0 atom stereocenters. The van der Waals surface area contributed by atoms with Crippen molar-refractivity contribution in [3.05, 3.63) is 71.8 Å². The monoisotopic (exact) mass is 337 g/mol. The van der Waals surface area contributed by atoms with Crippen LogP contribution >= 0.6 is 0 Å². The predicted molar refractivity (Wildman–Crippen MR) is 106 cm³/mol. The summed E-state index contributed by atoms with van der Waals surface area (Å²) in [5.74, 6) is 0. The molecule has 1 N–H and O–H groups in total. The molecular formula is C18H28NNaSi2. The van der Waals surface area contributed by atoms with E-state index in [2.05, 4.69) is 91.5 Å². The van der Waals surface area contributed by atoms with Gasteiger partial charge in [-0.25, -0.2) is 0 Å². The average Bonchev–Trinajstić information content (AvgIpc) is 2.38. The summed E-state index contributed by atoms with van der Waals surface area (Å²) < 4.78 is 4.11. The zero-order valence-electron chi connectivity index (χ0n) is 13.7. The normalized spacial score (nSPS) is 11.8. The minimum atomic E-state index is -1.42. The standard InChI is InChI=1S/C18H27NSi2.Na.H/c1-20(2,15-17-11-7-5-8-12-17)19-21(3,4)16-18-13-9-6-10-14-18;;/h5-14,19H,15-16H2,1-4H3;;. The first-order valence-electron chi connectivity index (χ1n) is 7.74. The van der Waals surface area contributed by atoms with Gasteiger partial charge in [0.1, 0.15) is 16.5 Å². The van der Waals surface area contributed by atoms with Crippen LogP contribution < -0.4 is 4.65 Å². The molecule has 0 aromatic heterocycles. The van der Waals surface area contributed by atoms with E-state index in [-0.39, 0.29) is 29.6 Å². The summed E-state index contributed by atoms with van der Waals surface area (Å²) in [4.78, 5) is 0. The molecule has 2 aromatic carbocycles. The fraction of sp³-hybridized carbons (Fsp3) is 0.333. The molecule has 2 rings (SSSR count). The Hall–Kier alpha value is -0.166. The fourth-order valence-corrected chi connectivity index (χ4v) is 13.8. The molecule has 0 aliphatic carbocycles. The van der Waals surface area contributed by atoms with Gasteiger partial charge in [0.25, 0.3) is 0 Å². The summed E-state index contributed by atoms with van der Waals surface area (Å²) in [6.45, 7) is 9.83. The molecule has 0 fully saturated rings. The van der Waals surface area contributed by atoms with Crippen molar-refractivity contribution in [2.75, 3.05) is 0 Å². The van der Waals surface area contributed by atoms with Crippen molar-refractivity contribution in [3.63, 3.8) is 0 Å². The first-order valence-corrected chi connectivity index (χ1v) is 14.1. The molecule has 1 nitrogen and oxygen atoms in total. The SMILES string of the molecule is C[Si](C)(Cc1ccccc1)N[Si](C)(C)Cc1ccccc1.[NaH]. The van der Waals surface area contributed by atoms with Gasteiger partial charge in [0.05, 0.1) is 0 Å². The van der Waals surface area contributed by atoms with Crippen LogP contribution in [0.4, 0.5) is 0 Å². The minimum absolute atomic E-state index is 0. The van der Waals surface area contributed by atoms with E-state index in [1.165, 1.54) is 23.2 Å². The Bertz CT molecular complexity index is 504. The first kappa shape index (κ1) is 19.9. The van der Waals surface area contributed by atoms with E-state index in [1.54, 1.807) is 0 Å². The van der Waals surface area contributed by atoms with E-state index in [4.69, 9.17) is 0 Å². The van der Waals surface area contributed by atoms with Crippen LogP contribution in [-0.2, 0) is 12.1 Å². The zero-order valence-corrected chi connectivity index (χ0v) is 15.7. The van der Waals surface area contributed by atoms with Gasteiger partial charge < -0.3 is 4.65 Å². The van der Waals surface area contributed by atoms with Crippen molar-refractivity contribution in [2.45, 2.75) is 38.3 Å². The first-order chi connectivity index (χ1) is 9.86. The Morgan fingerprint density at radius 3 is 1.27 bits per heavy atom. The Morgan fingerprint density at radius 1 is 0.636 bits per heavy atom. The van der Waals surface area contributed by atoms with E-state index in [0.717, 1.165) is 0 Å². The molecule has 0 saturated heterocycles. The number of rotatable bonds is 6. The van der Waals surface area contributed by atoms with Gasteiger partial charge in [-0.2, -0.15) is 0 Å². The molecule has 0 aliphatic heterocycles. The molecule has 0 heterocycles. The van der Waals surface area contributed by atoms with E-state index < -0.39 is 16.5 Å². The second-order valence-corrected chi connectivity index (χ2v) is 16.5. The van der Waals surface area contributed by atoms with Gasteiger partial charge >= 0.3 is 29.6 Å². The zero-order chi connectivity index (χ0) is 15.3. The maximum atomic E-state index is 4.11. The van der Waals surface area contributed by atoms with Gasteiger partial charge in [-0.05, 0) is 23.2 Å². The molecule has 4 heteroatoms. The van der Waals surface area contributed by atoms with Crippen LogP contribution in [-0.4, -0.2) is 46.0 Å². The van der Waals surface area contributed by atoms with E-state index in [1.807, 2.05) is 0 Å². The van der Waals surface area contributed by atoms with Crippen LogP contribution in [0.5, 0.6) is 0 Å². The molecule has 0 unspecified atom stereocenters. The fourth-order valence-electron chi connectivity index (χ4n) is 3.22. The Morgan fingerprint density at radius 2 is 0.955 bits per heavy atom. The van der Waals surface area contributed by atoms with Gasteiger partial charge in [0, 0.05) is 0 Å². The third-order valence-corrected chi connectivity index (χ3v) is 11.7. The van der Waals surface area contributed by atoms with Crippen molar-refractivity contribution >= 4 is 46.0 Å². The van der Waals surface area contributed by atoms with E-state index >= 15 is 0 Å². The third-order valence-electron chi connectivity index (χ3n) is 3.65. The predicted octanol–water partition coefficient (Wildman–Crippen LogP) is 3.90. The van der Waals surface area contributed by atoms with E-state index in [0.29, 0.717) is 0 Å². The van der Waals surface area contributed by atoms with Crippen LogP contribution in [0, 0.1) is 0 Å². The molecule has 114 valence electrons. The van der Waals surface area contributed by atoms with Gasteiger partial charge in [-0.3, -0.25) is 0 Å². The molecule has 22 heavy (non-hydrogen) atoms. The molecular weight excluding hydrogens is 309 g/mol. The van der Waals surface area contributed by atoms with Gasteiger partial charge in [-0.15, -0.1) is 0 Å². The Balaban J connectivity index is 0.00000242. The van der Waals surface area contributed by atoms with Gasteiger partial charge in [-0.1, -0.05) is 86.9 Å². The Labute approximate surface area is 160 Å². The molecule has 2 aromatic rings. The third kappa shape index (κ3) is 6.94. The van der Waals surface area contributed by atoms with Crippen molar-refractivity contribution < 1.29 is 0 Å². The molecule has 0 saturated carbocycles. The van der Waals surface area contributed by atoms with E-state index in [9.17, 15) is 0 Å². The molecule has 0 spiro atoms. The quantitative estimate of drug-likeness (QED) is 0.788. The summed E-state index contributed by atoms with van der Waals surface area (Å²) in [7, 11) is -2.84. The number of hydrogen-bond acceptors (Lipinski definition) is 1. The molecule has 0 aliphatic rings. The van der Waals surface area contributed by atoms with Crippen LogP contribution in [0.25, 0.3) is 0 Å². The Kier molecular flexibility index (Phi) is 7.79. The van der Waals surface area contributed by atoms with Crippen molar-refractivity contribution in [1.82, 2.24) is 4.65 Å². The van der Waals surface area contributed by atoms with Crippen LogP contribution in [0.15, 0.2) is 60.7 Å². The number of benzene rings is 2. The van der Waals surface area contributed by atoms with Gasteiger partial charge in [0.15, 0.2) is 0 Å². The number of hydrogen-bond donors (Lipinski definition) is 1. The van der Waals surface area contributed by atoms with Crippen LogP contribution in [0.1, 0.15) is 11.1 Å². The maximum absolute atomic E-state index is 4.11. The summed E-state index contributed by atoms with van der Waals surface area (Å²) in [5.41, 5.74) is 2.93. The summed E-state index contributed by atoms with van der Waals surface area (Å²) in [6, 6.07) is 24.2. The second-order valence-electron chi connectivity index (χ2n) is 7.22. The van der Waals surface area contributed by atoms with Crippen molar-refractivity contribution in [2.24, 2.45) is 0 Å². The second kappa shape index (κ2) is 8.62. The topological polar surface area (TPSA) is 12.0 Å². The van der Waals surface area contributed by atoms with Crippen LogP contribution in [0.3, 0.4) is 0 Å².